The summed E-state index contributed by atoms with van der Waals surface area (Å²) in [5, 5.41) is 12.7. The lowest BCUT2D eigenvalue weighted by Crippen LogP contribution is -2.56. The van der Waals surface area contributed by atoms with Crippen molar-refractivity contribution >= 4 is 29.2 Å². The minimum atomic E-state index is -0.695. The molecule has 5 rings (SSSR count). The van der Waals surface area contributed by atoms with Crippen LogP contribution in [0.15, 0.2) is 36.4 Å². The molecule has 2 aromatic rings. The summed E-state index contributed by atoms with van der Waals surface area (Å²) in [6, 6.07) is 11.0. The van der Waals surface area contributed by atoms with Gasteiger partial charge in [0.1, 0.15) is 11.4 Å². The molecule has 0 unspecified atom stereocenters. The van der Waals surface area contributed by atoms with Gasteiger partial charge in [0.15, 0.2) is 11.5 Å². The van der Waals surface area contributed by atoms with Crippen molar-refractivity contribution in [2.75, 3.05) is 32.2 Å². The van der Waals surface area contributed by atoms with E-state index in [1.54, 1.807) is 38.5 Å². The SMILES string of the molecule is COc1cc2c(cc1OC)[C@@H]1C[C@@]3(CCN1CC2)NC(=O)N(c1ccc(Cl)cc1)C3=N. The van der Waals surface area contributed by atoms with Crippen molar-refractivity contribution in [1.82, 2.24) is 10.2 Å². The molecule has 3 heterocycles. The van der Waals surface area contributed by atoms with Crippen molar-refractivity contribution in [3.05, 3.63) is 52.5 Å². The molecule has 2 saturated heterocycles. The Morgan fingerprint density at radius 3 is 2.55 bits per heavy atom. The van der Waals surface area contributed by atoms with Gasteiger partial charge in [-0.05, 0) is 66.8 Å². The normalized spacial score (nSPS) is 25.3. The molecule has 0 aromatic heterocycles. The highest BCUT2D eigenvalue weighted by Gasteiger charge is 2.53. The quantitative estimate of drug-likeness (QED) is 0.756. The van der Waals surface area contributed by atoms with Gasteiger partial charge in [-0.25, -0.2) is 9.69 Å². The number of hydrogen-bond donors (Lipinski definition) is 2. The number of methoxy groups -OCH3 is 2. The molecular weight excluding hydrogens is 416 g/mol. The van der Waals surface area contributed by atoms with E-state index in [1.807, 2.05) is 0 Å². The second-order valence-electron chi connectivity index (χ2n) is 8.33. The molecule has 8 heteroatoms. The van der Waals surface area contributed by atoms with E-state index in [0.717, 1.165) is 25.3 Å². The van der Waals surface area contributed by atoms with Gasteiger partial charge in [-0.3, -0.25) is 10.3 Å². The third kappa shape index (κ3) is 3.15. The van der Waals surface area contributed by atoms with E-state index in [1.165, 1.54) is 16.0 Å². The third-order valence-electron chi connectivity index (χ3n) is 6.79. The Hall–Kier alpha value is -2.77. The van der Waals surface area contributed by atoms with Crippen LogP contribution in [0.5, 0.6) is 11.5 Å². The van der Waals surface area contributed by atoms with Crippen molar-refractivity contribution in [3.63, 3.8) is 0 Å². The average molecular weight is 441 g/mol. The van der Waals surface area contributed by atoms with Gasteiger partial charge in [0.05, 0.1) is 19.9 Å². The molecule has 162 valence electrons. The molecule has 2 fully saturated rings. The lowest BCUT2D eigenvalue weighted by molar-refractivity contribution is 0.102. The summed E-state index contributed by atoms with van der Waals surface area (Å²) < 4.78 is 11.0. The molecule has 31 heavy (non-hydrogen) atoms. The number of ether oxygens (including phenoxy) is 2. The Bertz CT molecular complexity index is 1060. The Morgan fingerprint density at radius 1 is 1.13 bits per heavy atom. The lowest BCUT2D eigenvalue weighted by Gasteiger charge is -2.47. The zero-order valence-corrected chi connectivity index (χ0v) is 18.3. The number of nitrogens with one attached hydrogen (secondary N) is 2. The van der Waals surface area contributed by atoms with Crippen LogP contribution < -0.4 is 19.7 Å². The molecule has 0 bridgehead atoms. The molecule has 1 spiro atoms. The van der Waals surface area contributed by atoms with Gasteiger partial charge in [-0.1, -0.05) is 11.6 Å². The van der Waals surface area contributed by atoms with Crippen LogP contribution in [0.25, 0.3) is 0 Å². The maximum atomic E-state index is 12.9. The largest absolute Gasteiger partial charge is 0.493 e. The van der Waals surface area contributed by atoms with Gasteiger partial charge in [-0.2, -0.15) is 0 Å². The molecule has 2 aromatic carbocycles. The molecule has 0 radical (unpaired) electrons. The minimum absolute atomic E-state index is 0.100. The zero-order valence-electron chi connectivity index (χ0n) is 17.6. The fourth-order valence-electron chi connectivity index (χ4n) is 5.15. The standard InChI is InChI=1S/C23H25ClN4O3/c1-30-19-11-14-7-9-27-10-8-23(13-18(27)17(14)12-20(19)31-2)21(25)28(22(29)26-23)16-5-3-15(24)4-6-16/h3-6,11-12,18,25H,7-10,13H2,1-2H3,(H,26,29)/t18-,23+/m0/s1. The van der Waals surface area contributed by atoms with Crippen LogP contribution in [0.2, 0.25) is 5.02 Å². The van der Waals surface area contributed by atoms with E-state index in [2.05, 4.69) is 22.3 Å². The number of benzene rings is 2. The zero-order chi connectivity index (χ0) is 21.8. The van der Waals surface area contributed by atoms with Gasteiger partial charge in [0.25, 0.3) is 0 Å². The molecule has 2 atom stereocenters. The smallest absolute Gasteiger partial charge is 0.328 e. The van der Waals surface area contributed by atoms with Crippen molar-refractivity contribution in [1.29, 1.82) is 5.41 Å². The Balaban J connectivity index is 1.49. The van der Waals surface area contributed by atoms with Crippen LogP contribution in [-0.2, 0) is 6.42 Å². The van der Waals surface area contributed by atoms with Gasteiger partial charge in [0.2, 0.25) is 0 Å². The maximum absolute atomic E-state index is 12.9. The number of halogens is 1. The Kier molecular flexibility index (Phi) is 4.83. The van der Waals surface area contributed by atoms with E-state index in [9.17, 15) is 4.79 Å². The topological polar surface area (TPSA) is 77.9 Å². The Morgan fingerprint density at radius 2 is 1.84 bits per heavy atom. The average Bonchev–Trinajstić information content (AvgIpc) is 3.02. The predicted molar refractivity (Wildman–Crippen MR) is 120 cm³/mol. The molecule has 3 aliphatic rings. The number of urea groups is 1. The highest BCUT2D eigenvalue weighted by molar-refractivity contribution is 6.31. The molecule has 2 N–H and O–H groups in total. The van der Waals surface area contributed by atoms with Crippen LogP contribution in [-0.4, -0.2) is 49.6 Å². The van der Waals surface area contributed by atoms with Crippen molar-refractivity contribution in [3.8, 4) is 11.5 Å². The third-order valence-corrected chi connectivity index (χ3v) is 7.04. The first kappa shape index (κ1) is 20.2. The van der Waals surface area contributed by atoms with Crippen LogP contribution in [0, 0.1) is 5.41 Å². The lowest BCUT2D eigenvalue weighted by atomic mass is 9.77. The summed E-state index contributed by atoms with van der Waals surface area (Å²) >= 11 is 6.01. The first-order valence-corrected chi connectivity index (χ1v) is 10.8. The summed E-state index contributed by atoms with van der Waals surface area (Å²) in [4.78, 5) is 16.8. The molecule has 3 aliphatic heterocycles. The molecule has 7 nitrogen and oxygen atoms in total. The minimum Gasteiger partial charge on any atom is -0.493 e. The van der Waals surface area contributed by atoms with Gasteiger partial charge < -0.3 is 14.8 Å². The van der Waals surface area contributed by atoms with E-state index in [0.29, 0.717) is 35.1 Å². The number of rotatable bonds is 3. The first-order chi connectivity index (χ1) is 15.0. The molecule has 0 aliphatic carbocycles. The summed E-state index contributed by atoms with van der Waals surface area (Å²) in [6.07, 6.45) is 2.30. The fraction of sp³-hybridized carbons (Fsp3) is 0.391. The van der Waals surface area contributed by atoms with Crippen LogP contribution in [0.1, 0.15) is 30.0 Å². The molecule has 2 amide bonds. The van der Waals surface area contributed by atoms with E-state index in [-0.39, 0.29) is 12.1 Å². The number of nitrogens with zero attached hydrogens (tertiary/aromatic N) is 2. The number of carbonyl (C=O) groups is 1. The first-order valence-electron chi connectivity index (χ1n) is 10.4. The predicted octanol–water partition coefficient (Wildman–Crippen LogP) is 4.00. The van der Waals surface area contributed by atoms with E-state index < -0.39 is 5.54 Å². The van der Waals surface area contributed by atoms with E-state index in [4.69, 9.17) is 26.5 Å². The molecule has 0 saturated carbocycles. The summed E-state index contributed by atoms with van der Waals surface area (Å²) in [7, 11) is 3.29. The number of carbonyl (C=O) groups excluding carboxylic acids is 1. The summed E-state index contributed by atoms with van der Waals surface area (Å²) in [5.74, 6) is 1.74. The van der Waals surface area contributed by atoms with Crippen molar-refractivity contribution in [2.24, 2.45) is 0 Å². The molecular formula is C23H25ClN4O3. The van der Waals surface area contributed by atoms with Crippen molar-refractivity contribution in [2.45, 2.75) is 30.8 Å². The Labute approximate surface area is 186 Å². The number of hydrogen-bond acceptors (Lipinski definition) is 5. The second-order valence-corrected chi connectivity index (χ2v) is 8.77. The maximum Gasteiger partial charge on any atom is 0.328 e. The van der Waals surface area contributed by atoms with E-state index >= 15 is 0 Å². The monoisotopic (exact) mass is 440 g/mol. The van der Waals surface area contributed by atoms with Gasteiger partial charge in [-0.15, -0.1) is 0 Å². The van der Waals surface area contributed by atoms with Crippen LogP contribution >= 0.6 is 11.6 Å². The highest BCUT2D eigenvalue weighted by Crippen LogP contribution is 2.46. The van der Waals surface area contributed by atoms with Crippen LogP contribution in [0.4, 0.5) is 10.5 Å². The summed E-state index contributed by atoms with van der Waals surface area (Å²) in [6.45, 7) is 1.76. The second kappa shape index (κ2) is 7.43. The van der Waals surface area contributed by atoms with Crippen LogP contribution in [0.3, 0.4) is 0 Å². The number of piperidine rings is 1. The summed E-state index contributed by atoms with van der Waals surface area (Å²) in [5.41, 5.74) is 2.39. The number of amides is 2. The number of anilines is 1. The van der Waals surface area contributed by atoms with Gasteiger partial charge >= 0.3 is 6.03 Å². The van der Waals surface area contributed by atoms with Gasteiger partial charge in [0, 0.05) is 24.2 Å². The number of fused-ring (bicyclic) bond motifs is 3. The fourth-order valence-corrected chi connectivity index (χ4v) is 5.28. The highest BCUT2D eigenvalue weighted by atomic mass is 35.5. The van der Waals surface area contributed by atoms with Crippen molar-refractivity contribution < 1.29 is 14.3 Å². The number of amidine groups is 1.